The van der Waals surface area contributed by atoms with Crippen molar-refractivity contribution in [2.24, 2.45) is 11.8 Å². The molecule has 0 N–H and O–H groups in total. The molecule has 0 heterocycles. The van der Waals surface area contributed by atoms with Gasteiger partial charge in [0.15, 0.2) is 0 Å². The van der Waals surface area contributed by atoms with E-state index in [9.17, 15) is 0 Å². The predicted octanol–water partition coefficient (Wildman–Crippen LogP) is 5.83. The second-order valence-corrected chi connectivity index (χ2v) is 5.97. The smallest absolute Gasteiger partial charge is 0.0483 e. The summed E-state index contributed by atoms with van der Waals surface area (Å²) in [6.45, 7) is 6.37. The third-order valence-electron chi connectivity index (χ3n) is 3.47. The van der Waals surface area contributed by atoms with Crippen LogP contribution >= 0.6 is 23.2 Å². The van der Waals surface area contributed by atoms with Crippen molar-refractivity contribution in [3.8, 4) is 0 Å². The van der Waals surface area contributed by atoms with Gasteiger partial charge in [-0.05, 0) is 42.0 Å². The maximum Gasteiger partial charge on any atom is 0.0483 e. The second-order valence-electron chi connectivity index (χ2n) is 5.13. The molecule has 2 rings (SSSR count). The highest BCUT2D eigenvalue weighted by Crippen LogP contribution is 2.38. The van der Waals surface area contributed by atoms with Gasteiger partial charge in [0.25, 0.3) is 0 Å². The fourth-order valence-electron chi connectivity index (χ4n) is 2.32. The molecule has 2 atom stereocenters. The molecule has 1 aromatic rings. The molecule has 1 aliphatic rings. The molecule has 0 nitrogen and oxygen atoms in total. The first-order valence-electron chi connectivity index (χ1n) is 6.33. The lowest BCUT2D eigenvalue weighted by Gasteiger charge is -2.16. The van der Waals surface area contributed by atoms with E-state index in [1.165, 1.54) is 11.1 Å². The van der Waals surface area contributed by atoms with Gasteiger partial charge in [0, 0.05) is 16.0 Å². The van der Waals surface area contributed by atoms with Crippen LogP contribution in [0.3, 0.4) is 0 Å². The molecular formula is C16H18Cl2. The lowest BCUT2D eigenvalue weighted by Crippen LogP contribution is -1.99. The Labute approximate surface area is 119 Å². The molecule has 1 unspecified atom stereocenters. The van der Waals surface area contributed by atoms with Crippen LogP contribution < -0.4 is 0 Å². The lowest BCUT2D eigenvalue weighted by atomic mass is 9.93. The van der Waals surface area contributed by atoms with Crippen molar-refractivity contribution in [1.29, 1.82) is 0 Å². The standard InChI is InChI=1S/C16H18Cl2/c1-10-4-6-13(12(3)15(17)8-10)14-7-5-11(2)9-16(14)18/h5-10,12H,4H2,1-3H3/t10?,12-/m1/s1. The van der Waals surface area contributed by atoms with Crippen LogP contribution in [0.4, 0.5) is 0 Å². The summed E-state index contributed by atoms with van der Waals surface area (Å²) in [6.07, 6.45) is 5.44. The molecule has 1 aromatic carbocycles. The van der Waals surface area contributed by atoms with E-state index < -0.39 is 0 Å². The summed E-state index contributed by atoms with van der Waals surface area (Å²) in [6, 6.07) is 6.21. The van der Waals surface area contributed by atoms with Crippen molar-refractivity contribution >= 4 is 28.8 Å². The molecule has 0 amide bonds. The van der Waals surface area contributed by atoms with Gasteiger partial charge in [0.2, 0.25) is 0 Å². The molecule has 2 heteroatoms. The van der Waals surface area contributed by atoms with Crippen LogP contribution in [0.1, 0.15) is 31.4 Å². The zero-order valence-corrected chi connectivity index (χ0v) is 12.5. The molecule has 0 fully saturated rings. The number of allylic oxidation sites excluding steroid dienone is 4. The Kier molecular flexibility index (Phi) is 4.19. The van der Waals surface area contributed by atoms with Crippen molar-refractivity contribution in [3.05, 3.63) is 51.5 Å². The van der Waals surface area contributed by atoms with E-state index in [4.69, 9.17) is 23.2 Å². The fraction of sp³-hybridized carbons (Fsp3) is 0.375. The summed E-state index contributed by atoms with van der Waals surface area (Å²) in [4.78, 5) is 0. The summed E-state index contributed by atoms with van der Waals surface area (Å²) in [7, 11) is 0. The van der Waals surface area contributed by atoms with E-state index in [1.807, 2.05) is 6.07 Å². The Balaban J connectivity index is 2.46. The third kappa shape index (κ3) is 2.81. The molecule has 18 heavy (non-hydrogen) atoms. The normalized spacial score (nSPS) is 24.3. The topological polar surface area (TPSA) is 0 Å². The van der Waals surface area contributed by atoms with Gasteiger partial charge in [-0.15, -0.1) is 0 Å². The monoisotopic (exact) mass is 280 g/mol. The highest BCUT2D eigenvalue weighted by atomic mass is 35.5. The van der Waals surface area contributed by atoms with Crippen LogP contribution in [-0.2, 0) is 0 Å². The highest BCUT2D eigenvalue weighted by Gasteiger charge is 2.20. The molecule has 0 saturated heterocycles. The van der Waals surface area contributed by atoms with Gasteiger partial charge in [-0.25, -0.2) is 0 Å². The molecule has 0 aromatic heterocycles. The number of aryl methyl sites for hydroxylation is 1. The number of benzene rings is 1. The van der Waals surface area contributed by atoms with Crippen LogP contribution in [0.15, 0.2) is 35.4 Å². The Morgan fingerprint density at radius 1 is 1.17 bits per heavy atom. The maximum absolute atomic E-state index is 6.37. The second kappa shape index (κ2) is 5.50. The van der Waals surface area contributed by atoms with Gasteiger partial charge < -0.3 is 0 Å². The first kappa shape index (κ1) is 13.7. The lowest BCUT2D eigenvalue weighted by molar-refractivity contribution is 0.745. The molecule has 0 bridgehead atoms. The summed E-state index contributed by atoms with van der Waals surface area (Å²) in [5.41, 5.74) is 3.53. The van der Waals surface area contributed by atoms with Gasteiger partial charge in [0.1, 0.15) is 0 Å². The number of halogens is 2. The van der Waals surface area contributed by atoms with E-state index in [1.54, 1.807) is 0 Å². The minimum Gasteiger partial charge on any atom is -0.0888 e. The average Bonchev–Trinajstić information content (AvgIpc) is 2.41. The minimum atomic E-state index is 0.219. The van der Waals surface area contributed by atoms with Crippen LogP contribution in [0, 0.1) is 18.8 Å². The van der Waals surface area contributed by atoms with Gasteiger partial charge in [-0.1, -0.05) is 61.3 Å². The molecular weight excluding hydrogens is 263 g/mol. The Morgan fingerprint density at radius 3 is 2.56 bits per heavy atom. The van der Waals surface area contributed by atoms with Crippen molar-refractivity contribution in [2.75, 3.05) is 0 Å². The number of hydrogen-bond acceptors (Lipinski definition) is 0. The minimum absolute atomic E-state index is 0.219. The summed E-state index contributed by atoms with van der Waals surface area (Å²) >= 11 is 12.7. The van der Waals surface area contributed by atoms with Crippen LogP contribution in [0.25, 0.3) is 5.57 Å². The summed E-state index contributed by atoms with van der Waals surface area (Å²) < 4.78 is 0. The predicted molar refractivity (Wildman–Crippen MR) is 81.0 cm³/mol. The zero-order valence-electron chi connectivity index (χ0n) is 11.0. The van der Waals surface area contributed by atoms with Crippen LogP contribution in [-0.4, -0.2) is 0 Å². The van der Waals surface area contributed by atoms with E-state index in [0.29, 0.717) is 5.92 Å². The number of hydrogen-bond donors (Lipinski definition) is 0. The highest BCUT2D eigenvalue weighted by molar-refractivity contribution is 6.33. The van der Waals surface area contributed by atoms with Crippen molar-refractivity contribution in [1.82, 2.24) is 0 Å². The zero-order chi connectivity index (χ0) is 13.3. The maximum atomic E-state index is 6.37. The van der Waals surface area contributed by atoms with E-state index >= 15 is 0 Å². The van der Waals surface area contributed by atoms with Gasteiger partial charge >= 0.3 is 0 Å². The third-order valence-corrected chi connectivity index (χ3v) is 4.24. The molecule has 0 spiro atoms. The molecule has 0 saturated carbocycles. The van der Waals surface area contributed by atoms with Gasteiger partial charge in [-0.3, -0.25) is 0 Å². The number of rotatable bonds is 1. The van der Waals surface area contributed by atoms with Gasteiger partial charge in [-0.2, -0.15) is 0 Å². The van der Waals surface area contributed by atoms with Crippen LogP contribution in [0.2, 0.25) is 5.02 Å². The van der Waals surface area contributed by atoms with E-state index in [2.05, 4.69) is 45.1 Å². The van der Waals surface area contributed by atoms with Gasteiger partial charge in [0.05, 0.1) is 0 Å². The average molecular weight is 281 g/mol. The largest absolute Gasteiger partial charge is 0.0888 e. The summed E-state index contributed by atoms with van der Waals surface area (Å²) in [5.74, 6) is 0.707. The Bertz CT molecular complexity index is 512. The Hall–Kier alpha value is -0.720. The molecule has 1 aliphatic carbocycles. The first-order valence-corrected chi connectivity index (χ1v) is 7.08. The molecule has 0 aliphatic heterocycles. The van der Waals surface area contributed by atoms with Crippen molar-refractivity contribution in [3.63, 3.8) is 0 Å². The van der Waals surface area contributed by atoms with Crippen LogP contribution in [0.5, 0.6) is 0 Å². The van der Waals surface area contributed by atoms with Crippen molar-refractivity contribution in [2.45, 2.75) is 27.2 Å². The molecule has 96 valence electrons. The van der Waals surface area contributed by atoms with E-state index in [0.717, 1.165) is 22.0 Å². The first-order chi connectivity index (χ1) is 8.49. The Morgan fingerprint density at radius 2 is 1.89 bits per heavy atom. The SMILES string of the molecule is Cc1ccc(C2=CCC(C)C=C(Cl)[C@@H]2C)c(Cl)c1. The quantitative estimate of drug-likeness (QED) is 0.607. The summed E-state index contributed by atoms with van der Waals surface area (Å²) in [5, 5.41) is 1.73. The van der Waals surface area contributed by atoms with E-state index in [-0.39, 0.29) is 5.92 Å². The molecule has 0 radical (unpaired) electrons. The fourth-order valence-corrected chi connectivity index (χ4v) is 3.00. The van der Waals surface area contributed by atoms with Crippen molar-refractivity contribution < 1.29 is 0 Å².